The predicted molar refractivity (Wildman–Crippen MR) is 55.2 cm³/mol. The molecule has 82 valence electrons. The molecule has 0 radical (unpaired) electrons. The van der Waals surface area contributed by atoms with Crippen LogP contribution in [-0.2, 0) is 14.3 Å². The Bertz CT molecular complexity index is 354. The molecule has 3 heteroatoms. The molecule has 1 unspecified atom stereocenters. The van der Waals surface area contributed by atoms with Crippen LogP contribution in [0.1, 0.15) is 39.0 Å². The first-order valence-corrected chi connectivity index (χ1v) is 5.43. The zero-order valence-corrected chi connectivity index (χ0v) is 9.26. The minimum atomic E-state index is -0.419. The zero-order chi connectivity index (χ0) is 11.1. The van der Waals surface area contributed by atoms with Gasteiger partial charge in [0.25, 0.3) is 0 Å². The van der Waals surface area contributed by atoms with Gasteiger partial charge in [0.05, 0.1) is 12.5 Å². The lowest BCUT2D eigenvalue weighted by atomic mass is 9.64. The van der Waals surface area contributed by atoms with Gasteiger partial charge >= 0.3 is 0 Å². The van der Waals surface area contributed by atoms with Crippen LogP contribution >= 0.6 is 0 Å². The summed E-state index contributed by atoms with van der Waals surface area (Å²) in [5.74, 6) is 0.780. The summed E-state index contributed by atoms with van der Waals surface area (Å²) in [5.41, 5.74) is 0.523. The quantitative estimate of drug-likeness (QED) is 0.662. The lowest BCUT2D eigenvalue weighted by molar-refractivity contribution is -0.130. The van der Waals surface area contributed by atoms with Gasteiger partial charge in [-0.15, -0.1) is 0 Å². The van der Waals surface area contributed by atoms with E-state index in [1.54, 1.807) is 0 Å². The summed E-state index contributed by atoms with van der Waals surface area (Å²) in [6, 6.07) is 0. The van der Waals surface area contributed by atoms with Crippen LogP contribution in [0.15, 0.2) is 11.3 Å². The topological polar surface area (TPSA) is 43.4 Å². The molecule has 1 saturated carbocycles. The number of allylic oxidation sites excluding steroid dienone is 2. The van der Waals surface area contributed by atoms with E-state index in [-0.39, 0.29) is 11.6 Å². The number of methoxy groups -OCH3 is 1. The van der Waals surface area contributed by atoms with Gasteiger partial charge in [-0.25, -0.2) is 0 Å². The van der Waals surface area contributed by atoms with Crippen molar-refractivity contribution in [1.29, 1.82) is 0 Å². The maximum Gasteiger partial charge on any atom is 0.197 e. The van der Waals surface area contributed by atoms with E-state index in [2.05, 4.69) is 0 Å². The highest BCUT2D eigenvalue weighted by molar-refractivity contribution is 6.00. The second kappa shape index (κ2) is 3.47. The third kappa shape index (κ3) is 1.41. The zero-order valence-electron chi connectivity index (χ0n) is 9.26. The fraction of sp³-hybridized carbons (Fsp3) is 0.667. The van der Waals surface area contributed by atoms with Crippen LogP contribution < -0.4 is 0 Å². The molecule has 0 N–H and O–H groups in total. The Labute approximate surface area is 89.5 Å². The van der Waals surface area contributed by atoms with E-state index in [9.17, 15) is 9.59 Å². The summed E-state index contributed by atoms with van der Waals surface area (Å²) in [7, 11) is 1.52. The number of hydrogen-bond donors (Lipinski definition) is 0. The molecule has 0 spiro atoms. The standard InChI is InChI=1S/C12H16O3/c1-12-7-6-9(13)11(15-2)8(12)4-3-5-10(12)14/h3-7H2,1-2H3. The summed E-state index contributed by atoms with van der Waals surface area (Å²) in [6.07, 6.45) is 3.42. The molecule has 0 aliphatic heterocycles. The van der Waals surface area contributed by atoms with Gasteiger partial charge in [0.1, 0.15) is 5.78 Å². The minimum Gasteiger partial charge on any atom is -0.493 e. The SMILES string of the molecule is COC1=C2CCCC(=O)C2(C)CCC1=O. The van der Waals surface area contributed by atoms with Crippen molar-refractivity contribution in [3.05, 3.63) is 11.3 Å². The first-order valence-electron chi connectivity index (χ1n) is 5.43. The van der Waals surface area contributed by atoms with E-state index in [1.165, 1.54) is 7.11 Å². The molecular weight excluding hydrogens is 192 g/mol. The third-order valence-electron chi connectivity index (χ3n) is 3.70. The van der Waals surface area contributed by atoms with Crippen molar-refractivity contribution in [3.63, 3.8) is 0 Å². The number of Topliss-reactive ketones (excluding diaryl/α,β-unsaturated/α-hetero) is 2. The van der Waals surface area contributed by atoms with Crippen LogP contribution in [0, 0.1) is 5.41 Å². The van der Waals surface area contributed by atoms with Crippen LogP contribution in [0.25, 0.3) is 0 Å². The van der Waals surface area contributed by atoms with E-state index in [4.69, 9.17) is 4.74 Å². The first kappa shape index (κ1) is 10.4. The molecule has 1 atom stereocenters. The molecule has 3 nitrogen and oxygen atoms in total. The Morgan fingerprint density at radius 3 is 2.60 bits per heavy atom. The Morgan fingerprint density at radius 2 is 1.93 bits per heavy atom. The maximum atomic E-state index is 11.9. The minimum absolute atomic E-state index is 0.0553. The summed E-state index contributed by atoms with van der Waals surface area (Å²) in [5, 5.41) is 0. The number of fused-ring (bicyclic) bond motifs is 1. The molecule has 0 amide bonds. The van der Waals surface area contributed by atoms with Gasteiger partial charge in [-0.05, 0) is 31.8 Å². The van der Waals surface area contributed by atoms with E-state index in [0.717, 1.165) is 18.4 Å². The molecule has 2 rings (SSSR count). The summed E-state index contributed by atoms with van der Waals surface area (Å²) >= 11 is 0. The van der Waals surface area contributed by atoms with Gasteiger partial charge in [0, 0.05) is 12.8 Å². The molecule has 0 heterocycles. The van der Waals surface area contributed by atoms with E-state index < -0.39 is 5.41 Å². The fourth-order valence-corrected chi connectivity index (χ4v) is 2.68. The second-order valence-corrected chi connectivity index (χ2v) is 4.54. The second-order valence-electron chi connectivity index (χ2n) is 4.54. The smallest absolute Gasteiger partial charge is 0.197 e. The number of ketones is 2. The lowest BCUT2D eigenvalue weighted by Crippen LogP contribution is -2.39. The molecular formula is C12H16O3. The number of ether oxygens (including phenoxy) is 1. The molecule has 15 heavy (non-hydrogen) atoms. The van der Waals surface area contributed by atoms with Crippen molar-refractivity contribution in [3.8, 4) is 0 Å². The molecule has 2 aliphatic carbocycles. The monoisotopic (exact) mass is 208 g/mol. The van der Waals surface area contributed by atoms with Gasteiger partial charge in [-0.3, -0.25) is 9.59 Å². The molecule has 1 fully saturated rings. The average molecular weight is 208 g/mol. The van der Waals surface area contributed by atoms with Crippen molar-refractivity contribution in [2.24, 2.45) is 5.41 Å². The van der Waals surface area contributed by atoms with Crippen molar-refractivity contribution >= 4 is 11.6 Å². The molecule has 0 aromatic carbocycles. The summed E-state index contributed by atoms with van der Waals surface area (Å²) in [4.78, 5) is 23.6. The Balaban J connectivity index is 2.51. The van der Waals surface area contributed by atoms with Gasteiger partial charge in [0.2, 0.25) is 0 Å². The van der Waals surface area contributed by atoms with Crippen LogP contribution in [0.5, 0.6) is 0 Å². The molecule has 0 aromatic rings. The largest absolute Gasteiger partial charge is 0.493 e. The van der Waals surface area contributed by atoms with E-state index >= 15 is 0 Å². The number of carbonyl (C=O) groups is 2. The van der Waals surface area contributed by atoms with Gasteiger partial charge in [-0.1, -0.05) is 0 Å². The normalized spacial score (nSPS) is 31.6. The van der Waals surface area contributed by atoms with Crippen molar-refractivity contribution in [2.75, 3.05) is 7.11 Å². The summed E-state index contributed by atoms with van der Waals surface area (Å²) in [6.45, 7) is 1.95. The highest BCUT2D eigenvalue weighted by Crippen LogP contribution is 2.46. The lowest BCUT2D eigenvalue weighted by Gasteiger charge is -2.38. The van der Waals surface area contributed by atoms with E-state index in [1.807, 2.05) is 6.92 Å². The van der Waals surface area contributed by atoms with Gasteiger partial charge in [0.15, 0.2) is 11.5 Å². The fourth-order valence-electron chi connectivity index (χ4n) is 2.68. The third-order valence-corrected chi connectivity index (χ3v) is 3.70. The van der Waals surface area contributed by atoms with Gasteiger partial charge in [-0.2, -0.15) is 0 Å². The van der Waals surface area contributed by atoms with Crippen molar-refractivity contribution < 1.29 is 14.3 Å². The number of rotatable bonds is 1. The highest BCUT2D eigenvalue weighted by Gasteiger charge is 2.45. The predicted octanol–water partition coefficient (Wildman–Crippen LogP) is 2.01. The van der Waals surface area contributed by atoms with Crippen LogP contribution in [0.4, 0.5) is 0 Å². The van der Waals surface area contributed by atoms with Crippen molar-refractivity contribution in [2.45, 2.75) is 39.0 Å². The average Bonchev–Trinajstić information content (AvgIpc) is 2.22. The Hall–Kier alpha value is -1.12. The molecule has 0 bridgehead atoms. The van der Waals surface area contributed by atoms with Crippen molar-refractivity contribution in [1.82, 2.24) is 0 Å². The van der Waals surface area contributed by atoms with E-state index in [0.29, 0.717) is 25.0 Å². The highest BCUT2D eigenvalue weighted by atomic mass is 16.5. The molecule has 0 saturated heterocycles. The molecule has 2 aliphatic rings. The van der Waals surface area contributed by atoms with Crippen LogP contribution in [0.2, 0.25) is 0 Å². The molecule has 0 aromatic heterocycles. The number of carbonyl (C=O) groups excluding carboxylic acids is 2. The summed E-state index contributed by atoms with van der Waals surface area (Å²) < 4.78 is 5.16. The number of hydrogen-bond acceptors (Lipinski definition) is 3. The van der Waals surface area contributed by atoms with Gasteiger partial charge < -0.3 is 4.74 Å². The maximum absolute atomic E-state index is 11.9. The first-order chi connectivity index (χ1) is 7.09. The van der Waals surface area contributed by atoms with Crippen LogP contribution in [0.3, 0.4) is 0 Å². The Kier molecular flexibility index (Phi) is 2.41. The Morgan fingerprint density at radius 1 is 1.20 bits per heavy atom. The van der Waals surface area contributed by atoms with Crippen LogP contribution in [-0.4, -0.2) is 18.7 Å².